The summed E-state index contributed by atoms with van der Waals surface area (Å²) in [5.74, 6) is 0. The molecule has 0 aromatic heterocycles. The van der Waals surface area contributed by atoms with Gasteiger partial charge >= 0.3 is 0 Å². The first-order valence-electron chi connectivity index (χ1n) is 9.38. The molecular formula is C18H37IOSi. The van der Waals surface area contributed by atoms with Crippen molar-refractivity contribution >= 4 is 30.9 Å². The lowest BCUT2D eigenvalue weighted by atomic mass is 9.99. The second-order valence-corrected chi connectivity index (χ2v) is 12.7. The molecule has 126 valence electrons. The molecule has 0 aromatic rings. The summed E-state index contributed by atoms with van der Waals surface area (Å²) < 4.78 is 7.92. The van der Waals surface area contributed by atoms with Crippen LogP contribution < -0.4 is 0 Å². The lowest BCUT2D eigenvalue weighted by molar-refractivity contribution is 0.157. The molecule has 1 fully saturated rings. The molecule has 1 nitrogen and oxygen atoms in total. The van der Waals surface area contributed by atoms with Crippen molar-refractivity contribution in [3.63, 3.8) is 0 Å². The molecule has 21 heavy (non-hydrogen) atoms. The topological polar surface area (TPSA) is 9.23 Å². The molecule has 0 bridgehead atoms. The van der Waals surface area contributed by atoms with Crippen molar-refractivity contribution in [3.8, 4) is 0 Å². The molecule has 0 atom stereocenters. The zero-order chi connectivity index (χ0) is 15.4. The van der Waals surface area contributed by atoms with Crippen LogP contribution in [0, 0.1) is 0 Å². The molecule has 1 aliphatic rings. The van der Waals surface area contributed by atoms with Gasteiger partial charge in [-0.1, -0.05) is 86.8 Å². The minimum atomic E-state index is -1.41. The fourth-order valence-electron chi connectivity index (χ4n) is 3.40. The van der Waals surface area contributed by atoms with Crippen molar-refractivity contribution in [2.45, 2.75) is 109 Å². The molecule has 0 unspecified atom stereocenters. The second kappa shape index (κ2) is 12.3. The van der Waals surface area contributed by atoms with Crippen molar-refractivity contribution in [1.82, 2.24) is 0 Å². The molecule has 0 aromatic carbocycles. The maximum atomic E-state index is 6.60. The molecule has 1 aliphatic carbocycles. The Balaban J connectivity index is 2.10. The Labute approximate surface area is 148 Å². The Kier molecular flexibility index (Phi) is 11.7. The number of hydrogen-bond donors (Lipinski definition) is 0. The average Bonchev–Trinajstić information content (AvgIpc) is 2.40. The van der Waals surface area contributed by atoms with E-state index < -0.39 is 8.32 Å². The van der Waals surface area contributed by atoms with Gasteiger partial charge in [0.05, 0.1) is 0 Å². The molecule has 1 rings (SSSR count). The van der Waals surface area contributed by atoms with Gasteiger partial charge in [-0.05, 0) is 42.8 Å². The van der Waals surface area contributed by atoms with E-state index in [0.29, 0.717) is 6.10 Å². The summed E-state index contributed by atoms with van der Waals surface area (Å²) in [6.45, 7) is 4.89. The van der Waals surface area contributed by atoms with Gasteiger partial charge in [0.15, 0.2) is 8.32 Å². The zero-order valence-corrected chi connectivity index (χ0v) is 17.6. The maximum Gasteiger partial charge on any atom is 0.187 e. The molecule has 0 aliphatic heterocycles. The summed E-state index contributed by atoms with van der Waals surface area (Å²) >= 11 is 2.49. The minimum absolute atomic E-state index is 0.593. The minimum Gasteiger partial charge on any atom is -0.414 e. The van der Waals surface area contributed by atoms with Gasteiger partial charge in [0.2, 0.25) is 0 Å². The van der Waals surface area contributed by atoms with E-state index in [1.165, 1.54) is 93.9 Å². The van der Waals surface area contributed by atoms with Crippen molar-refractivity contribution in [1.29, 1.82) is 0 Å². The van der Waals surface area contributed by atoms with Gasteiger partial charge in [0, 0.05) is 6.10 Å². The average molecular weight is 424 g/mol. The zero-order valence-electron chi connectivity index (χ0n) is 14.5. The maximum absolute atomic E-state index is 6.60. The van der Waals surface area contributed by atoms with Crippen LogP contribution in [0.4, 0.5) is 0 Å². The highest BCUT2D eigenvalue weighted by Gasteiger charge is 2.26. The van der Waals surface area contributed by atoms with Gasteiger partial charge in [-0.15, -0.1) is 0 Å². The SMILES string of the molecule is C[Si](C)(CCCCCCCCI)OC1CCCCCCC1. The predicted octanol–water partition coefficient (Wildman–Crippen LogP) is 7.10. The summed E-state index contributed by atoms with van der Waals surface area (Å²) in [4.78, 5) is 0. The fourth-order valence-corrected chi connectivity index (χ4v) is 6.30. The van der Waals surface area contributed by atoms with Gasteiger partial charge < -0.3 is 4.43 Å². The third kappa shape index (κ3) is 11.1. The molecule has 3 heteroatoms. The van der Waals surface area contributed by atoms with Crippen LogP contribution in [0.2, 0.25) is 19.1 Å². The third-order valence-electron chi connectivity index (χ3n) is 4.70. The lowest BCUT2D eigenvalue weighted by Crippen LogP contribution is -2.35. The van der Waals surface area contributed by atoms with Crippen LogP contribution in [0.5, 0.6) is 0 Å². The van der Waals surface area contributed by atoms with Gasteiger partial charge in [-0.25, -0.2) is 0 Å². The van der Waals surface area contributed by atoms with Crippen molar-refractivity contribution in [2.75, 3.05) is 4.43 Å². The first-order valence-corrected chi connectivity index (χ1v) is 14.0. The van der Waals surface area contributed by atoms with Crippen LogP contribution in [0.15, 0.2) is 0 Å². The van der Waals surface area contributed by atoms with E-state index in [0.717, 1.165) is 0 Å². The highest BCUT2D eigenvalue weighted by Crippen LogP contribution is 2.25. The first kappa shape index (κ1) is 20.0. The van der Waals surface area contributed by atoms with E-state index in [4.69, 9.17) is 4.43 Å². The molecule has 0 radical (unpaired) electrons. The predicted molar refractivity (Wildman–Crippen MR) is 106 cm³/mol. The Bertz CT molecular complexity index is 237. The van der Waals surface area contributed by atoms with E-state index in [1.54, 1.807) is 0 Å². The smallest absolute Gasteiger partial charge is 0.187 e. The molecular weight excluding hydrogens is 387 g/mol. The molecule has 0 spiro atoms. The van der Waals surface area contributed by atoms with Crippen LogP contribution in [0.1, 0.15) is 83.5 Å². The van der Waals surface area contributed by atoms with Crippen molar-refractivity contribution < 1.29 is 4.43 Å². The Hall–Kier alpha value is 0.907. The van der Waals surface area contributed by atoms with Crippen LogP contribution in [0.3, 0.4) is 0 Å². The van der Waals surface area contributed by atoms with Gasteiger partial charge in [0.25, 0.3) is 0 Å². The number of hydrogen-bond acceptors (Lipinski definition) is 1. The second-order valence-electron chi connectivity index (χ2n) is 7.40. The quantitative estimate of drug-likeness (QED) is 0.157. The summed E-state index contributed by atoms with van der Waals surface area (Å²) in [6.07, 6.45) is 18.9. The normalized spacial score (nSPS) is 18.4. The lowest BCUT2D eigenvalue weighted by Gasteiger charge is -2.30. The van der Waals surface area contributed by atoms with Crippen LogP contribution >= 0.6 is 22.6 Å². The third-order valence-corrected chi connectivity index (χ3v) is 7.99. The summed E-state index contributed by atoms with van der Waals surface area (Å²) in [7, 11) is -1.41. The number of unbranched alkanes of at least 4 members (excludes halogenated alkanes) is 5. The van der Waals surface area contributed by atoms with Crippen LogP contribution in [-0.2, 0) is 4.43 Å². The van der Waals surface area contributed by atoms with E-state index in [1.807, 2.05) is 0 Å². The Morgan fingerprint density at radius 1 is 0.810 bits per heavy atom. The molecule has 0 saturated heterocycles. The summed E-state index contributed by atoms with van der Waals surface area (Å²) in [5, 5.41) is 0. The molecule has 0 amide bonds. The number of rotatable bonds is 10. The molecule has 0 N–H and O–H groups in total. The van der Waals surface area contributed by atoms with Gasteiger partial charge in [-0.2, -0.15) is 0 Å². The summed E-state index contributed by atoms with van der Waals surface area (Å²) in [5.41, 5.74) is 0. The van der Waals surface area contributed by atoms with Gasteiger partial charge in [0.1, 0.15) is 0 Å². The van der Waals surface area contributed by atoms with E-state index in [-0.39, 0.29) is 0 Å². The molecule has 1 saturated carbocycles. The monoisotopic (exact) mass is 424 g/mol. The summed E-state index contributed by atoms with van der Waals surface area (Å²) in [6, 6.07) is 1.37. The van der Waals surface area contributed by atoms with Crippen molar-refractivity contribution in [3.05, 3.63) is 0 Å². The van der Waals surface area contributed by atoms with E-state index in [9.17, 15) is 0 Å². The Morgan fingerprint density at radius 2 is 1.33 bits per heavy atom. The molecule has 0 heterocycles. The number of alkyl halides is 1. The highest BCUT2D eigenvalue weighted by molar-refractivity contribution is 14.1. The van der Waals surface area contributed by atoms with Gasteiger partial charge in [-0.3, -0.25) is 0 Å². The standard InChI is InChI=1S/C18H37IOSi/c1-21(2,17-13-9-4-3-8-12-16-19)20-18-14-10-6-5-7-11-15-18/h18H,3-17H2,1-2H3. The van der Waals surface area contributed by atoms with Crippen LogP contribution in [-0.4, -0.2) is 18.8 Å². The highest BCUT2D eigenvalue weighted by atomic mass is 127. The number of halogens is 1. The van der Waals surface area contributed by atoms with E-state index in [2.05, 4.69) is 35.7 Å². The Morgan fingerprint density at radius 3 is 1.95 bits per heavy atom. The fraction of sp³-hybridized carbons (Fsp3) is 1.00. The van der Waals surface area contributed by atoms with Crippen LogP contribution in [0.25, 0.3) is 0 Å². The van der Waals surface area contributed by atoms with E-state index >= 15 is 0 Å². The first-order chi connectivity index (χ1) is 10.1. The van der Waals surface area contributed by atoms with Crippen molar-refractivity contribution in [2.24, 2.45) is 0 Å². The largest absolute Gasteiger partial charge is 0.414 e.